The van der Waals surface area contributed by atoms with Gasteiger partial charge in [0.25, 0.3) is 5.56 Å². The van der Waals surface area contributed by atoms with Crippen molar-refractivity contribution in [2.45, 2.75) is 54.6 Å². The summed E-state index contributed by atoms with van der Waals surface area (Å²) in [5.74, 6) is 4.23. The lowest BCUT2D eigenvalue weighted by atomic mass is 10.0. The number of benzene rings is 2. The Morgan fingerprint density at radius 1 is 0.636 bits per heavy atom. The molecule has 4 aliphatic heterocycles. The topological polar surface area (TPSA) is 196 Å². The van der Waals surface area contributed by atoms with Crippen molar-refractivity contribution in [3.8, 4) is 22.8 Å². The second-order valence-corrected chi connectivity index (χ2v) is 15.8. The molecule has 0 atom stereocenters. The van der Waals surface area contributed by atoms with Crippen LogP contribution in [0.3, 0.4) is 0 Å². The first kappa shape index (κ1) is 48.8. The van der Waals surface area contributed by atoms with Gasteiger partial charge < -0.3 is 50.8 Å². The molecule has 9 rings (SSSR count). The predicted molar refractivity (Wildman–Crippen MR) is 262 cm³/mol. The minimum atomic E-state index is -0.236. The van der Waals surface area contributed by atoms with Gasteiger partial charge in [0.15, 0.2) is 11.6 Å². The second kappa shape index (κ2) is 23.0. The zero-order chi connectivity index (χ0) is 44.4. The van der Waals surface area contributed by atoms with E-state index in [9.17, 15) is 14.4 Å². The summed E-state index contributed by atoms with van der Waals surface area (Å²) >= 11 is 0. The van der Waals surface area contributed by atoms with Gasteiger partial charge in [0.2, 0.25) is 0 Å². The van der Waals surface area contributed by atoms with Gasteiger partial charge in [-0.25, -0.2) is 29.5 Å². The molecule has 0 unspecified atom stereocenters. The zero-order valence-corrected chi connectivity index (χ0v) is 36.8. The van der Waals surface area contributed by atoms with Crippen LogP contribution in [0.25, 0.3) is 22.8 Å². The Hall–Kier alpha value is -6.63. The van der Waals surface area contributed by atoms with Gasteiger partial charge in [-0.3, -0.25) is 9.36 Å². The number of anilines is 5. The van der Waals surface area contributed by atoms with Crippen LogP contribution in [0.5, 0.6) is 0 Å². The maximum absolute atomic E-state index is 12.2. The predicted octanol–water partition coefficient (Wildman–Crippen LogP) is 5.42. The van der Waals surface area contributed by atoms with Gasteiger partial charge in [0.1, 0.15) is 17.5 Å². The molecule has 352 valence electrons. The molecule has 0 saturated carbocycles. The molecule has 0 bridgehead atoms. The van der Waals surface area contributed by atoms with Gasteiger partial charge in [0, 0.05) is 99.1 Å². The first-order chi connectivity index (χ1) is 31.3. The van der Waals surface area contributed by atoms with Gasteiger partial charge in [0.05, 0.1) is 44.4 Å². The van der Waals surface area contributed by atoms with Gasteiger partial charge in [-0.05, 0) is 87.8 Å². The maximum Gasteiger partial charge on any atom is 0.319 e. The van der Waals surface area contributed by atoms with E-state index in [0.29, 0.717) is 50.2 Å². The van der Waals surface area contributed by atoms with Crippen LogP contribution in [0.2, 0.25) is 0 Å². The average Bonchev–Trinajstić information content (AvgIpc) is 3.33. The third-order valence-electron chi connectivity index (χ3n) is 11.5. The van der Waals surface area contributed by atoms with Crippen molar-refractivity contribution in [2.24, 2.45) is 7.05 Å². The molecular weight excluding hydrogens is 839 g/mol. The third kappa shape index (κ3) is 11.6. The summed E-state index contributed by atoms with van der Waals surface area (Å²) in [6.45, 7) is 14.1. The van der Waals surface area contributed by atoms with Crippen molar-refractivity contribution in [1.29, 1.82) is 0 Å². The van der Waals surface area contributed by atoms with Crippen LogP contribution in [0.1, 0.15) is 51.2 Å². The number of rotatable bonds is 9. The highest BCUT2D eigenvalue weighted by Crippen LogP contribution is 2.33. The van der Waals surface area contributed by atoms with Crippen molar-refractivity contribution < 1.29 is 19.1 Å². The summed E-state index contributed by atoms with van der Waals surface area (Å²) in [6, 6.07) is 20.1. The molecule has 0 spiro atoms. The van der Waals surface area contributed by atoms with E-state index in [4.69, 9.17) is 29.4 Å². The highest BCUT2D eigenvalue weighted by molar-refractivity contribution is 5.90. The van der Waals surface area contributed by atoms with Crippen molar-refractivity contribution in [2.75, 3.05) is 104 Å². The molecule has 5 aromatic rings. The SMILES string of the molecule is C.C.CCNC(=O)Nc1ccc(-c2nc3c(c(N4CCOCC4)n2)CCN(c2cccc(=O)n2C)C3)cc1.CCNC(=O)Nc1ccc(-c2nc3c(c(N4CCOCC4)n2)CCNC3)cc1. The Morgan fingerprint density at radius 2 is 1.14 bits per heavy atom. The molecule has 18 nitrogen and oxygen atoms in total. The largest absolute Gasteiger partial charge is 0.378 e. The molecule has 2 saturated heterocycles. The van der Waals surface area contributed by atoms with E-state index < -0.39 is 0 Å². The number of carbonyl (C=O) groups is 2. The van der Waals surface area contributed by atoms with Crippen LogP contribution in [0, 0.1) is 0 Å². The molecule has 2 fully saturated rings. The van der Waals surface area contributed by atoms with Crippen molar-refractivity contribution >= 4 is 40.9 Å². The van der Waals surface area contributed by atoms with E-state index in [0.717, 1.165) is 123 Å². The number of carbonyl (C=O) groups excluding carboxylic acids is 2. The number of ether oxygens (including phenoxy) is 2. The zero-order valence-electron chi connectivity index (χ0n) is 36.8. The average molecular weight is 904 g/mol. The lowest BCUT2D eigenvalue weighted by Gasteiger charge is -2.35. The Balaban J connectivity index is 0.000000218. The summed E-state index contributed by atoms with van der Waals surface area (Å²) in [7, 11) is 1.80. The Morgan fingerprint density at radius 3 is 1.65 bits per heavy atom. The Kier molecular flexibility index (Phi) is 17.0. The van der Waals surface area contributed by atoms with Crippen molar-refractivity contribution in [3.63, 3.8) is 0 Å². The number of nitrogens with zero attached hydrogens (tertiary/aromatic N) is 8. The second-order valence-electron chi connectivity index (χ2n) is 15.8. The lowest BCUT2D eigenvalue weighted by molar-refractivity contribution is 0.122. The summed E-state index contributed by atoms with van der Waals surface area (Å²) in [6.07, 6.45) is 1.73. The first-order valence-corrected chi connectivity index (χ1v) is 22.1. The van der Waals surface area contributed by atoms with Crippen LogP contribution in [0.4, 0.5) is 38.4 Å². The molecule has 3 aromatic heterocycles. The standard InChI is InChI=1S/C26H31N7O3.C20H26N6O2.2CH4/c1-3-27-26(35)28-19-9-7-18(8-10-19)24-29-21-17-33(22-5-4-6-23(34)31(22)2)12-11-20(21)25(30-24)32-13-15-36-16-14-32;1-2-22-20(27)23-15-5-3-14(4-6-15)18-24-17-13-21-8-7-16(17)19(25-18)26-9-11-28-12-10-26;;/h4-10H,3,11-17H2,1-2H3,(H2,27,28,35);3-6,21H,2,7-13H2,1H3,(H2,22,23,27);2*1H4. The smallest absolute Gasteiger partial charge is 0.319 e. The summed E-state index contributed by atoms with van der Waals surface area (Å²) < 4.78 is 12.8. The maximum atomic E-state index is 12.2. The van der Waals surface area contributed by atoms with Crippen LogP contribution >= 0.6 is 0 Å². The number of nitrogens with one attached hydrogen (secondary N) is 5. The number of morpholine rings is 2. The monoisotopic (exact) mass is 904 g/mol. The van der Waals surface area contributed by atoms with E-state index >= 15 is 0 Å². The minimum absolute atomic E-state index is 0. The molecule has 4 aliphatic rings. The number of hydrogen-bond acceptors (Lipinski definition) is 13. The van der Waals surface area contributed by atoms with E-state index in [1.54, 1.807) is 23.7 Å². The van der Waals surface area contributed by atoms with E-state index in [1.807, 2.05) is 68.4 Å². The van der Waals surface area contributed by atoms with E-state index in [1.165, 1.54) is 5.56 Å². The van der Waals surface area contributed by atoms with Gasteiger partial charge in [-0.2, -0.15) is 0 Å². The first-order valence-electron chi connectivity index (χ1n) is 22.1. The fourth-order valence-electron chi connectivity index (χ4n) is 8.23. The summed E-state index contributed by atoms with van der Waals surface area (Å²) in [5, 5.41) is 14.5. The van der Waals surface area contributed by atoms with E-state index in [-0.39, 0.29) is 32.5 Å². The van der Waals surface area contributed by atoms with Crippen molar-refractivity contribution in [3.05, 3.63) is 99.6 Å². The molecule has 2 aromatic carbocycles. The molecule has 7 heterocycles. The number of amides is 4. The summed E-state index contributed by atoms with van der Waals surface area (Å²) in [4.78, 5) is 62.3. The Labute approximate surface area is 387 Å². The molecule has 0 radical (unpaired) electrons. The molecule has 18 heteroatoms. The fraction of sp³-hybridized carbons (Fsp3) is 0.438. The van der Waals surface area contributed by atoms with Crippen LogP contribution in [-0.2, 0) is 42.5 Å². The van der Waals surface area contributed by atoms with Crippen LogP contribution in [0.15, 0.2) is 71.5 Å². The molecule has 66 heavy (non-hydrogen) atoms. The summed E-state index contributed by atoms with van der Waals surface area (Å²) in [5.41, 5.74) is 7.66. The Bertz CT molecular complexity index is 2470. The molecular formula is C48H65N13O5. The fourth-order valence-corrected chi connectivity index (χ4v) is 8.23. The normalized spacial score (nSPS) is 15.3. The van der Waals surface area contributed by atoms with E-state index in [2.05, 4.69) is 41.3 Å². The molecule has 0 aliphatic carbocycles. The number of fused-ring (bicyclic) bond motifs is 2. The number of urea groups is 2. The van der Waals surface area contributed by atoms with Crippen molar-refractivity contribution in [1.82, 2.24) is 40.5 Å². The number of hydrogen-bond donors (Lipinski definition) is 5. The number of aromatic nitrogens is 5. The van der Waals surface area contributed by atoms with Gasteiger partial charge in [-0.15, -0.1) is 0 Å². The quantitative estimate of drug-likeness (QED) is 0.126. The van der Waals surface area contributed by atoms with Gasteiger partial charge in [-0.1, -0.05) is 20.9 Å². The highest BCUT2D eigenvalue weighted by Gasteiger charge is 2.28. The number of pyridine rings is 1. The lowest BCUT2D eigenvalue weighted by Crippen LogP contribution is -2.40. The van der Waals surface area contributed by atoms with Gasteiger partial charge >= 0.3 is 12.1 Å². The highest BCUT2D eigenvalue weighted by atomic mass is 16.5. The molecule has 4 amide bonds. The molecule has 5 N–H and O–H groups in total. The minimum Gasteiger partial charge on any atom is -0.378 e. The third-order valence-corrected chi connectivity index (χ3v) is 11.5. The van der Waals surface area contributed by atoms with Crippen LogP contribution in [-0.4, -0.2) is 115 Å². The van der Waals surface area contributed by atoms with Crippen LogP contribution < -0.4 is 46.8 Å².